The van der Waals surface area contributed by atoms with Crippen LogP contribution in [0.1, 0.15) is 36.2 Å². The van der Waals surface area contributed by atoms with Crippen molar-refractivity contribution in [3.63, 3.8) is 0 Å². The van der Waals surface area contributed by atoms with Crippen LogP contribution in [0.25, 0.3) is 5.70 Å². The average Bonchev–Trinajstić information content (AvgIpc) is 2.78. The number of para-hydroxylation sites is 1. The van der Waals surface area contributed by atoms with Gasteiger partial charge in [-0.05, 0) is 30.7 Å². The van der Waals surface area contributed by atoms with Crippen molar-refractivity contribution in [2.45, 2.75) is 19.5 Å². The third-order valence-electron chi connectivity index (χ3n) is 5.13. The molecule has 1 unspecified atom stereocenters. The molecule has 1 heterocycles. The number of nitrogens with zero attached hydrogens (tertiary/aromatic N) is 1. The summed E-state index contributed by atoms with van der Waals surface area (Å²) >= 11 is 6.40. The van der Waals surface area contributed by atoms with Crippen LogP contribution >= 0.6 is 11.6 Å². The van der Waals surface area contributed by atoms with Gasteiger partial charge in [0.2, 0.25) is 0 Å². The summed E-state index contributed by atoms with van der Waals surface area (Å²) in [5.74, 6) is -0.817. The summed E-state index contributed by atoms with van der Waals surface area (Å²) < 4.78 is 28.6. The molecule has 7 heteroatoms. The van der Waals surface area contributed by atoms with E-state index in [1.807, 2.05) is 55.5 Å². The number of hydrogen-bond acceptors (Lipinski definition) is 4. The molecule has 4 nitrogen and oxygen atoms in total. The highest BCUT2D eigenvalue weighted by molar-refractivity contribution is 6.31. The van der Waals surface area contributed by atoms with Gasteiger partial charge in [-0.15, -0.1) is 0 Å². The number of rotatable bonds is 6. The van der Waals surface area contributed by atoms with Crippen molar-refractivity contribution in [1.29, 1.82) is 0 Å². The van der Waals surface area contributed by atoms with Crippen LogP contribution in [0.2, 0.25) is 5.02 Å². The number of fused-ring (bicyclic) bond motifs is 1. The molecule has 0 saturated carbocycles. The average molecular weight is 453 g/mol. The molecule has 0 saturated heterocycles. The van der Waals surface area contributed by atoms with E-state index in [1.54, 1.807) is 0 Å². The van der Waals surface area contributed by atoms with Gasteiger partial charge in [0.25, 0.3) is 0 Å². The molecule has 1 aliphatic rings. The Labute approximate surface area is 191 Å². The molecule has 3 aromatic rings. The zero-order valence-electron chi connectivity index (χ0n) is 17.6. The summed E-state index contributed by atoms with van der Waals surface area (Å²) in [5, 5.41) is 10.2. The molecule has 0 aliphatic carbocycles. The topological polar surface area (TPSA) is 48.5 Å². The molecular formula is C25H23ClF2N4. The van der Waals surface area contributed by atoms with E-state index in [0.717, 1.165) is 29.3 Å². The summed E-state index contributed by atoms with van der Waals surface area (Å²) in [6.07, 6.45) is 0.359. The summed E-state index contributed by atoms with van der Waals surface area (Å²) in [6.45, 7) is 6.56. The van der Waals surface area contributed by atoms with Crippen molar-refractivity contribution in [2.75, 3.05) is 17.2 Å². The molecule has 0 radical (unpaired) electrons. The number of nitrogens with one attached hydrogen (secondary N) is 3. The van der Waals surface area contributed by atoms with Gasteiger partial charge in [0.15, 0.2) is 0 Å². The van der Waals surface area contributed by atoms with Gasteiger partial charge in [0.1, 0.15) is 23.6 Å². The van der Waals surface area contributed by atoms with Gasteiger partial charge in [-0.3, -0.25) is 0 Å². The molecule has 1 atom stereocenters. The standard InChI is InChI=1S/C25H23ClF2N4/c1-3-12-29-23-19(13-16(27)14-21(23)28)15(2)30-25-18-9-5-7-11-22(18)31-24(32-25)17-8-4-6-10-20(17)26/h4-11,13-14,24,29,31H,2-3,12H2,1H3,(H,30,32). The predicted molar refractivity (Wildman–Crippen MR) is 128 cm³/mol. The summed E-state index contributed by atoms with van der Waals surface area (Å²) in [7, 11) is 0. The monoisotopic (exact) mass is 452 g/mol. The van der Waals surface area contributed by atoms with Crippen molar-refractivity contribution in [2.24, 2.45) is 4.99 Å². The highest BCUT2D eigenvalue weighted by Crippen LogP contribution is 2.33. The van der Waals surface area contributed by atoms with Gasteiger partial charge in [-0.1, -0.05) is 55.4 Å². The molecule has 0 aromatic heterocycles. The Morgan fingerprint density at radius 1 is 1.12 bits per heavy atom. The second-order valence-corrected chi connectivity index (χ2v) is 7.84. The van der Waals surface area contributed by atoms with Crippen LogP contribution < -0.4 is 16.0 Å². The maximum absolute atomic E-state index is 14.5. The van der Waals surface area contributed by atoms with Crippen molar-refractivity contribution < 1.29 is 8.78 Å². The molecule has 0 fully saturated rings. The minimum absolute atomic E-state index is 0.205. The van der Waals surface area contributed by atoms with Crippen LogP contribution in [0.15, 0.2) is 72.2 Å². The maximum Gasteiger partial charge on any atom is 0.149 e. The van der Waals surface area contributed by atoms with Crippen LogP contribution in [-0.2, 0) is 0 Å². The molecule has 164 valence electrons. The lowest BCUT2D eigenvalue weighted by molar-refractivity contribution is 0.584. The minimum atomic E-state index is -0.677. The summed E-state index contributed by atoms with van der Waals surface area (Å²) in [6, 6.07) is 17.2. The summed E-state index contributed by atoms with van der Waals surface area (Å²) in [4.78, 5) is 4.80. The molecule has 0 amide bonds. The molecule has 3 N–H and O–H groups in total. The highest BCUT2D eigenvalue weighted by Gasteiger charge is 2.24. The fraction of sp³-hybridized carbons (Fsp3) is 0.160. The normalized spacial score (nSPS) is 14.8. The molecule has 0 bridgehead atoms. The zero-order valence-corrected chi connectivity index (χ0v) is 18.3. The van der Waals surface area contributed by atoms with E-state index < -0.39 is 17.8 Å². The second-order valence-electron chi connectivity index (χ2n) is 7.43. The molecule has 0 spiro atoms. The van der Waals surface area contributed by atoms with Crippen LogP contribution in [-0.4, -0.2) is 12.4 Å². The highest BCUT2D eigenvalue weighted by atomic mass is 35.5. The van der Waals surface area contributed by atoms with Gasteiger partial charge in [0, 0.05) is 45.7 Å². The number of anilines is 2. The van der Waals surface area contributed by atoms with Crippen LogP contribution in [0.5, 0.6) is 0 Å². The zero-order chi connectivity index (χ0) is 22.7. The fourth-order valence-electron chi connectivity index (χ4n) is 3.59. The Balaban J connectivity index is 1.72. The largest absolute Gasteiger partial charge is 0.382 e. The number of hydrogen-bond donors (Lipinski definition) is 3. The van der Waals surface area contributed by atoms with E-state index in [0.29, 0.717) is 28.7 Å². The van der Waals surface area contributed by atoms with Gasteiger partial charge >= 0.3 is 0 Å². The van der Waals surface area contributed by atoms with Crippen molar-refractivity contribution in [3.05, 3.63) is 101 Å². The smallest absolute Gasteiger partial charge is 0.149 e. The third kappa shape index (κ3) is 4.46. The first-order chi connectivity index (χ1) is 15.5. The minimum Gasteiger partial charge on any atom is -0.382 e. The van der Waals surface area contributed by atoms with Crippen molar-refractivity contribution >= 4 is 34.5 Å². The first-order valence-electron chi connectivity index (χ1n) is 10.3. The molecule has 3 aromatic carbocycles. The van der Waals surface area contributed by atoms with E-state index in [-0.39, 0.29) is 5.69 Å². The third-order valence-corrected chi connectivity index (χ3v) is 5.48. The van der Waals surface area contributed by atoms with Crippen LogP contribution in [0, 0.1) is 11.6 Å². The van der Waals surface area contributed by atoms with E-state index in [4.69, 9.17) is 16.6 Å². The Hall–Kier alpha value is -3.38. The maximum atomic E-state index is 14.5. The van der Waals surface area contributed by atoms with Crippen molar-refractivity contribution in [1.82, 2.24) is 5.32 Å². The number of halogens is 3. The number of benzene rings is 3. The quantitative estimate of drug-likeness (QED) is 0.396. The Kier molecular flexibility index (Phi) is 6.42. The fourth-order valence-corrected chi connectivity index (χ4v) is 3.83. The van der Waals surface area contributed by atoms with E-state index in [2.05, 4.69) is 22.5 Å². The van der Waals surface area contributed by atoms with Gasteiger partial charge in [-0.2, -0.15) is 0 Å². The van der Waals surface area contributed by atoms with Gasteiger partial charge in [0.05, 0.1) is 5.69 Å². The Bertz CT molecular complexity index is 1190. The van der Waals surface area contributed by atoms with Crippen LogP contribution in [0.4, 0.5) is 20.2 Å². The lowest BCUT2D eigenvalue weighted by atomic mass is 10.0. The number of amidine groups is 1. The van der Waals surface area contributed by atoms with E-state index in [9.17, 15) is 8.78 Å². The summed E-state index contributed by atoms with van der Waals surface area (Å²) in [5.41, 5.74) is 3.33. The molecular weight excluding hydrogens is 430 g/mol. The molecule has 4 rings (SSSR count). The van der Waals surface area contributed by atoms with E-state index in [1.165, 1.54) is 6.07 Å². The molecule has 1 aliphatic heterocycles. The lowest BCUT2D eigenvalue weighted by Crippen LogP contribution is -2.30. The SMILES string of the molecule is C=C(NC1=NC(c2ccccc2Cl)Nc2ccccc21)c1cc(F)cc(F)c1NCCC. The van der Waals surface area contributed by atoms with Crippen molar-refractivity contribution in [3.8, 4) is 0 Å². The second kappa shape index (κ2) is 9.40. The molecule has 32 heavy (non-hydrogen) atoms. The van der Waals surface area contributed by atoms with Gasteiger partial charge < -0.3 is 16.0 Å². The van der Waals surface area contributed by atoms with Gasteiger partial charge in [-0.25, -0.2) is 13.8 Å². The first-order valence-corrected chi connectivity index (χ1v) is 10.7. The Morgan fingerprint density at radius 3 is 2.66 bits per heavy atom. The van der Waals surface area contributed by atoms with Crippen LogP contribution in [0.3, 0.4) is 0 Å². The number of aliphatic imine (C=N–C) groups is 1. The van der Waals surface area contributed by atoms with E-state index >= 15 is 0 Å². The lowest BCUT2D eigenvalue weighted by Gasteiger charge is -2.27. The Morgan fingerprint density at radius 2 is 1.88 bits per heavy atom. The first kappa shape index (κ1) is 21.8. The predicted octanol–water partition coefficient (Wildman–Crippen LogP) is 6.57.